The van der Waals surface area contributed by atoms with Gasteiger partial charge in [-0.15, -0.1) is 0 Å². The third-order valence-corrected chi connectivity index (χ3v) is 3.74. The average molecular weight is 320 g/mol. The Balaban J connectivity index is 1.75. The second kappa shape index (κ2) is 6.29. The van der Waals surface area contributed by atoms with Crippen LogP contribution in [0.15, 0.2) is 36.7 Å². The van der Waals surface area contributed by atoms with Gasteiger partial charge in [-0.1, -0.05) is 23.7 Å². The Morgan fingerprint density at radius 1 is 1.27 bits per heavy atom. The van der Waals surface area contributed by atoms with E-state index in [1.54, 1.807) is 0 Å². The van der Waals surface area contributed by atoms with Gasteiger partial charge in [0.25, 0.3) is 0 Å². The molecule has 1 aromatic carbocycles. The highest BCUT2D eigenvalue weighted by molar-refractivity contribution is 6.30. The summed E-state index contributed by atoms with van der Waals surface area (Å²) < 4.78 is 5.79. The molecule has 1 aromatic heterocycles. The minimum atomic E-state index is -1.08. The van der Waals surface area contributed by atoms with Crippen molar-refractivity contribution in [3.63, 3.8) is 0 Å². The number of nitrogens with zero attached hydrogens (tertiary/aromatic N) is 3. The molecule has 0 bridgehead atoms. The van der Waals surface area contributed by atoms with E-state index < -0.39 is 5.97 Å². The monoisotopic (exact) mass is 319 g/mol. The van der Waals surface area contributed by atoms with Crippen LogP contribution in [0.2, 0.25) is 5.02 Å². The van der Waals surface area contributed by atoms with E-state index in [0.29, 0.717) is 30.5 Å². The van der Waals surface area contributed by atoms with Gasteiger partial charge in [-0.2, -0.15) is 0 Å². The summed E-state index contributed by atoms with van der Waals surface area (Å²) in [5, 5.41) is 9.54. The van der Waals surface area contributed by atoms with Crippen LogP contribution in [0.1, 0.15) is 22.2 Å². The van der Waals surface area contributed by atoms with Crippen molar-refractivity contribution in [2.75, 3.05) is 24.6 Å². The molecule has 0 saturated carbocycles. The van der Waals surface area contributed by atoms with Crippen molar-refractivity contribution in [2.24, 2.45) is 0 Å². The fourth-order valence-electron chi connectivity index (χ4n) is 2.33. The van der Waals surface area contributed by atoms with Crippen molar-refractivity contribution >= 4 is 23.4 Å². The Morgan fingerprint density at radius 2 is 2.05 bits per heavy atom. The highest BCUT2D eigenvalue weighted by atomic mass is 35.5. The summed E-state index contributed by atoms with van der Waals surface area (Å²) in [4.78, 5) is 20.9. The maximum atomic E-state index is 10.8. The number of carboxylic acid groups (broad SMARTS) is 1. The molecule has 0 spiro atoms. The van der Waals surface area contributed by atoms with Gasteiger partial charge >= 0.3 is 5.97 Å². The number of halogens is 1. The lowest BCUT2D eigenvalue weighted by Crippen LogP contribution is -2.39. The number of carbonyl (C=O) groups is 1. The number of hydrogen-bond donors (Lipinski definition) is 1. The normalized spacial score (nSPS) is 18.2. The predicted octanol–water partition coefficient (Wildman–Crippen LogP) is 2.41. The van der Waals surface area contributed by atoms with Crippen LogP contribution in [0.25, 0.3) is 0 Å². The van der Waals surface area contributed by atoms with Gasteiger partial charge in [-0.05, 0) is 17.7 Å². The molecule has 0 amide bonds. The molecule has 2 heterocycles. The quantitative estimate of drug-likeness (QED) is 0.936. The Kier molecular flexibility index (Phi) is 4.22. The van der Waals surface area contributed by atoms with E-state index in [2.05, 4.69) is 9.97 Å². The van der Waals surface area contributed by atoms with E-state index in [1.807, 2.05) is 29.2 Å². The lowest BCUT2D eigenvalue weighted by molar-refractivity contribution is 0.0395. The molecule has 7 heteroatoms. The molecule has 1 aliphatic rings. The first kappa shape index (κ1) is 14.7. The van der Waals surface area contributed by atoms with Crippen molar-refractivity contribution in [3.05, 3.63) is 52.9 Å². The Labute approximate surface area is 132 Å². The molecule has 6 nitrogen and oxygen atoms in total. The van der Waals surface area contributed by atoms with E-state index >= 15 is 0 Å². The summed E-state index contributed by atoms with van der Waals surface area (Å²) >= 11 is 5.90. The smallest absolute Gasteiger partial charge is 0.356 e. The van der Waals surface area contributed by atoms with E-state index in [0.717, 1.165) is 5.56 Å². The molecule has 1 N–H and O–H groups in total. The first-order valence-electron chi connectivity index (χ1n) is 6.81. The Morgan fingerprint density at radius 3 is 2.68 bits per heavy atom. The number of ether oxygens (including phenoxy) is 1. The summed E-state index contributed by atoms with van der Waals surface area (Å²) in [6.45, 7) is 1.88. The third kappa shape index (κ3) is 3.18. The number of aromatic carboxylic acids is 1. The molecular formula is C15H14ClN3O3. The van der Waals surface area contributed by atoms with Crippen LogP contribution in [0, 0.1) is 0 Å². The van der Waals surface area contributed by atoms with Crippen LogP contribution in [-0.4, -0.2) is 40.7 Å². The lowest BCUT2D eigenvalue weighted by atomic mass is 10.1. The summed E-state index contributed by atoms with van der Waals surface area (Å²) in [5.74, 6) is -0.438. The van der Waals surface area contributed by atoms with E-state index in [4.69, 9.17) is 21.4 Å². The fraction of sp³-hybridized carbons (Fsp3) is 0.267. The summed E-state index contributed by atoms with van der Waals surface area (Å²) in [6, 6.07) is 7.55. The first-order valence-corrected chi connectivity index (χ1v) is 7.18. The SMILES string of the molecule is O=C(O)c1cnc(N2CCO[C@@H](c3ccc(Cl)cc3)C2)cn1. The molecule has 3 rings (SSSR count). The molecule has 0 aliphatic carbocycles. The topological polar surface area (TPSA) is 75.5 Å². The van der Waals surface area contributed by atoms with Gasteiger partial charge in [0.15, 0.2) is 5.69 Å². The van der Waals surface area contributed by atoms with Crippen molar-refractivity contribution < 1.29 is 14.6 Å². The van der Waals surface area contributed by atoms with Gasteiger partial charge in [0.05, 0.1) is 19.0 Å². The number of rotatable bonds is 3. The number of aromatic nitrogens is 2. The van der Waals surface area contributed by atoms with Crippen molar-refractivity contribution in [2.45, 2.75) is 6.10 Å². The first-order chi connectivity index (χ1) is 10.6. The van der Waals surface area contributed by atoms with Gasteiger partial charge in [0.1, 0.15) is 11.9 Å². The Bertz CT molecular complexity index is 661. The fourth-order valence-corrected chi connectivity index (χ4v) is 2.46. The van der Waals surface area contributed by atoms with Gasteiger partial charge in [0.2, 0.25) is 0 Å². The maximum Gasteiger partial charge on any atom is 0.356 e. The van der Waals surface area contributed by atoms with Crippen LogP contribution >= 0.6 is 11.6 Å². The highest BCUT2D eigenvalue weighted by Crippen LogP contribution is 2.25. The van der Waals surface area contributed by atoms with E-state index in [-0.39, 0.29) is 11.8 Å². The number of anilines is 1. The molecule has 2 aromatic rings. The molecular weight excluding hydrogens is 306 g/mol. The molecule has 22 heavy (non-hydrogen) atoms. The zero-order valence-electron chi connectivity index (χ0n) is 11.6. The molecule has 0 unspecified atom stereocenters. The minimum absolute atomic E-state index is 0.0636. The van der Waals surface area contributed by atoms with Crippen LogP contribution in [0.3, 0.4) is 0 Å². The van der Waals surface area contributed by atoms with E-state index in [9.17, 15) is 4.79 Å². The highest BCUT2D eigenvalue weighted by Gasteiger charge is 2.23. The summed E-state index contributed by atoms with van der Waals surface area (Å²) in [5.41, 5.74) is 0.982. The van der Waals surface area contributed by atoms with E-state index in [1.165, 1.54) is 12.4 Å². The van der Waals surface area contributed by atoms with Gasteiger partial charge in [-0.3, -0.25) is 0 Å². The maximum absolute atomic E-state index is 10.8. The number of benzene rings is 1. The minimum Gasteiger partial charge on any atom is -0.476 e. The Hall–Kier alpha value is -2.18. The average Bonchev–Trinajstić information content (AvgIpc) is 2.56. The largest absolute Gasteiger partial charge is 0.476 e. The second-order valence-electron chi connectivity index (χ2n) is 4.92. The van der Waals surface area contributed by atoms with Crippen molar-refractivity contribution in [1.82, 2.24) is 9.97 Å². The molecule has 1 aliphatic heterocycles. The van der Waals surface area contributed by atoms with Crippen LogP contribution < -0.4 is 4.90 Å². The predicted molar refractivity (Wildman–Crippen MR) is 81.3 cm³/mol. The second-order valence-corrected chi connectivity index (χ2v) is 5.36. The van der Waals surface area contributed by atoms with Crippen molar-refractivity contribution in [1.29, 1.82) is 0 Å². The zero-order valence-corrected chi connectivity index (χ0v) is 12.4. The van der Waals surface area contributed by atoms with Gasteiger partial charge in [-0.25, -0.2) is 14.8 Å². The zero-order chi connectivity index (χ0) is 15.5. The van der Waals surface area contributed by atoms with Crippen LogP contribution in [-0.2, 0) is 4.74 Å². The number of morpholine rings is 1. The molecule has 1 atom stereocenters. The number of carboxylic acids is 1. The molecule has 1 fully saturated rings. The summed E-state index contributed by atoms with van der Waals surface area (Å²) in [6.07, 6.45) is 2.67. The molecule has 114 valence electrons. The summed E-state index contributed by atoms with van der Waals surface area (Å²) in [7, 11) is 0. The van der Waals surface area contributed by atoms with Gasteiger partial charge < -0.3 is 14.7 Å². The van der Waals surface area contributed by atoms with Crippen LogP contribution in [0.5, 0.6) is 0 Å². The lowest BCUT2D eigenvalue weighted by Gasteiger charge is -2.33. The molecule has 0 radical (unpaired) electrons. The van der Waals surface area contributed by atoms with Gasteiger partial charge in [0, 0.05) is 18.1 Å². The standard InChI is InChI=1S/C15H14ClN3O3/c16-11-3-1-10(2-4-11)13-9-19(5-6-22-13)14-8-17-12(7-18-14)15(20)21/h1-4,7-8,13H,5-6,9H2,(H,20,21)/t13-/m1/s1. The van der Waals surface area contributed by atoms with Crippen LogP contribution in [0.4, 0.5) is 5.82 Å². The molecule has 1 saturated heterocycles. The number of hydrogen-bond acceptors (Lipinski definition) is 5. The van der Waals surface area contributed by atoms with Crippen molar-refractivity contribution in [3.8, 4) is 0 Å². The third-order valence-electron chi connectivity index (χ3n) is 3.49.